The highest BCUT2D eigenvalue weighted by Crippen LogP contribution is 2.25. The van der Waals surface area contributed by atoms with Crippen LogP contribution in [0.15, 0.2) is 18.2 Å². The van der Waals surface area contributed by atoms with E-state index in [9.17, 15) is 4.79 Å². The van der Waals surface area contributed by atoms with E-state index in [2.05, 4.69) is 0 Å². The smallest absolute Gasteiger partial charge is 0.316 e. The molecule has 0 saturated carbocycles. The molecule has 0 fully saturated rings. The molecule has 1 rings (SSSR count). The zero-order valence-corrected chi connectivity index (χ0v) is 10.2. The van der Waals surface area contributed by atoms with Crippen molar-refractivity contribution in [2.45, 2.75) is 6.54 Å². The van der Waals surface area contributed by atoms with Gasteiger partial charge in [0.2, 0.25) is 0 Å². The third kappa shape index (κ3) is 3.03. The Balaban J connectivity index is 2.91. The van der Waals surface area contributed by atoms with Crippen LogP contribution in [0.4, 0.5) is 4.79 Å². The van der Waals surface area contributed by atoms with Crippen molar-refractivity contribution in [2.75, 3.05) is 21.3 Å². The Bertz CT molecular complexity index is 381. The number of carbonyl (C=O) groups excluding carboxylic acids is 1. The van der Waals surface area contributed by atoms with Gasteiger partial charge in [0, 0.05) is 18.7 Å². The summed E-state index contributed by atoms with van der Waals surface area (Å²) in [7, 11) is 4.78. The largest absolute Gasteiger partial charge is 0.497 e. The first-order valence-electron chi connectivity index (χ1n) is 4.70. The fourth-order valence-electron chi connectivity index (χ4n) is 1.30. The summed E-state index contributed by atoms with van der Waals surface area (Å²) in [5.41, 5.74) is 0.875. The fraction of sp³-hybridized carbons (Fsp3) is 0.364. The first-order chi connectivity index (χ1) is 7.58. The molecule has 0 N–H and O–H groups in total. The summed E-state index contributed by atoms with van der Waals surface area (Å²) in [6.07, 6.45) is 0. The van der Waals surface area contributed by atoms with E-state index >= 15 is 0 Å². The lowest BCUT2D eigenvalue weighted by molar-refractivity contribution is 0.230. The van der Waals surface area contributed by atoms with Gasteiger partial charge in [-0.05, 0) is 23.7 Å². The van der Waals surface area contributed by atoms with Crippen LogP contribution in [0, 0.1) is 0 Å². The van der Waals surface area contributed by atoms with Crippen LogP contribution in [0.5, 0.6) is 11.5 Å². The van der Waals surface area contributed by atoms with Crippen molar-refractivity contribution in [3.05, 3.63) is 23.8 Å². The van der Waals surface area contributed by atoms with E-state index in [-0.39, 0.29) is 0 Å². The van der Waals surface area contributed by atoms with Gasteiger partial charge in [-0.1, -0.05) is 0 Å². The van der Waals surface area contributed by atoms with E-state index < -0.39 is 5.37 Å². The van der Waals surface area contributed by atoms with E-state index in [0.717, 1.165) is 5.56 Å². The lowest BCUT2D eigenvalue weighted by atomic mass is 10.2. The number of ether oxygens (including phenoxy) is 2. The molecule has 0 aromatic heterocycles. The maximum absolute atomic E-state index is 10.9. The highest BCUT2D eigenvalue weighted by molar-refractivity contribution is 6.62. The van der Waals surface area contributed by atoms with Crippen LogP contribution in [0.1, 0.15) is 5.56 Å². The van der Waals surface area contributed by atoms with Gasteiger partial charge in [-0.2, -0.15) is 0 Å². The zero-order chi connectivity index (χ0) is 12.1. The molecule has 5 heteroatoms. The second-order valence-corrected chi connectivity index (χ2v) is 3.61. The Kier molecular flexibility index (Phi) is 4.43. The average molecular weight is 244 g/mol. The molecule has 0 spiro atoms. The molecule has 0 saturated heterocycles. The summed E-state index contributed by atoms with van der Waals surface area (Å²) in [6, 6.07) is 5.42. The van der Waals surface area contributed by atoms with Gasteiger partial charge in [-0.25, -0.2) is 0 Å². The molecule has 88 valence electrons. The Morgan fingerprint density at radius 2 is 2.06 bits per heavy atom. The van der Waals surface area contributed by atoms with Crippen LogP contribution in [0.3, 0.4) is 0 Å². The maximum Gasteiger partial charge on any atom is 0.316 e. The number of halogens is 1. The van der Waals surface area contributed by atoms with Crippen molar-refractivity contribution in [2.24, 2.45) is 0 Å². The number of rotatable bonds is 4. The second kappa shape index (κ2) is 5.61. The van der Waals surface area contributed by atoms with Gasteiger partial charge in [-0.3, -0.25) is 4.79 Å². The summed E-state index contributed by atoms with van der Waals surface area (Å²) in [5, 5.41) is -0.502. The van der Waals surface area contributed by atoms with Gasteiger partial charge in [0.15, 0.2) is 0 Å². The molecule has 0 unspecified atom stereocenters. The van der Waals surface area contributed by atoms with Crippen molar-refractivity contribution in [1.82, 2.24) is 4.90 Å². The monoisotopic (exact) mass is 243 g/mol. The molecule has 1 aromatic carbocycles. The van der Waals surface area contributed by atoms with E-state index in [0.29, 0.717) is 18.0 Å². The van der Waals surface area contributed by atoms with Crippen molar-refractivity contribution in [1.29, 1.82) is 0 Å². The lowest BCUT2D eigenvalue weighted by Crippen LogP contribution is -2.20. The van der Waals surface area contributed by atoms with Crippen LogP contribution in [-0.4, -0.2) is 31.5 Å². The third-order valence-electron chi connectivity index (χ3n) is 2.20. The summed E-state index contributed by atoms with van der Waals surface area (Å²) < 4.78 is 10.3. The standard InChI is InChI=1S/C11H14ClNO3/c1-13(11(12)14)7-8-4-5-9(15-2)6-10(8)16-3/h4-6H,7H2,1-3H3. The molecule has 4 nitrogen and oxygen atoms in total. The number of benzene rings is 1. The molecule has 0 heterocycles. The molecule has 0 aliphatic rings. The van der Waals surface area contributed by atoms with E-state index in [1.165, 1.54) is 4.90 Å². The topological polar surface area (TPSA) is 38.8 Å². The Morgan fingerprint density at radius 3 is 2.56 bits per heavy atom. The van der Waals surface area contributed by atoms with Crippen LogP contribution in [-0.2, 0) is 6.54 Å². The SMILES string of the molecule is COc1ccc(CN(C)C(=O)Cl)c(OC)c1. The molecule has 0 aliphatic heterocycles. The molecule has 1 amide bonds. The quantitative estimate of drug-likeness (QED) is 0.603. The van der Waals surface area contributed by atoms with Gasteiger partial charge in [-0.15, -0.1) is 0 Å². The van der Waals surface area contributed by atoms with Crippen LogP contribution in [0.25, 0.3) is 0 Å². The zero-order valence-electron chi connectivity index (χ0n) is 9.49. The lowest BCUT2D eigenvalue weighted by Gasteiger charge is -2.16. The minimum absolute atomic E-state index is 0.398. The van der Waals surface area contributed by atoms with Crippen LogP contribution in [0.2, 0.25) is 0 Å². The highest BCUT2D eigenvalue weighted by Gasteiger charge is 2.10. The minimum atomic E-state index is -0.502. The van der Waals surface area contributed by atoms with Crippen molar-refractivity contribution in [3.8, 4) is 11.5 Å². The molecule has 0 radical (unpaired) electrons. The predicted molar refractivity (Wildman–Crippen MR) is 62.3 cm³/mol. The summed E-state index contributed by atoms with van der Waals surface area (Å²) in [6.45, 7) is 0.398. The summed E-state index contributed by atoms with van der Waals surface area (Å²) in [4.78, 5) is 12.3. The number of carbonyl (C=O) groups is 1. The first-order valence-corrected chi connectivity index (χ1v) is 5.07. The normalized spacial score (nSPS) is 9.75. The highest BCUT2D eigenvalue weighted by atomic mass is 35.5. The van der Waals surface area contributed by atoms with E-state index in [1.54, 1.807) is 27.3 Å². The van der Waals surface area contributed by atoms with Gasteiger partial charge in [0.05, 0.1) is 20.8 Å². The second-order valence-electron chi connectivity index (χ2n) is 3.29. The molecular formula is C11H14ClNO3. The molecule has 1 aromatic rings. The number of amides is 1. The van der Waals surface area contributed by atoms with Gasteiger partial charge >= 0.3 is 5.37 Å². The molecular weight excluding hydrogens is 230 g/mol. The Hall–Kier alpha value is -1.42. The molecule has 0 aliphatic carbocycles. The number of nitrogens with zero attached hydrogens (tertiary/aromatic N) is 1. The summed E-state index contributed by atoms with van der Waals surface area (Å²) >= 11 is 5.35. The van der Waals surface area contributed by atoms with E-state index in [1.807, 2.05) is 12.1 Å². The molecule has 0 atom stereocenters. The van der Waals surface area contributed by atoms with Gasteiger partial charge in [0.1, 0.15) is 11.5 Å². The number of hydrogen-bond donors (Lipinski definition) is 0. The maximum atomic E-state index is 10.9. The predicted octanol–water partition coefficient (Wildman–Crippen LogP) is 2.49. The van der Waals surface area contributed by atoms with Crippen molar-refractivity contribution >= 4 is 17.0 Å². The van der Waals surface area contributed by atoms with Gasteiger partial charge < -0.3 is 14.4 Å². The van der Waals surface area contributed by atoms with Gasteiger partial charge in [0.25, 0.3) is 0 Å². The minimum Gasteiger partial charge on any atom is -0.497 e. The number of methoxy groups -OCH3 is 2. The summed E-state index contributed by atoms with van der Waals surface area (Å²) in [5.74, 6) is 1.38. The van der Waals surface area contributed by atoms with Crippen molar-refractivity contribution in [3.63, 3.8) is 0 Å². The Morgan fingerprint density at radius 1 is 1.38 bits per heavy atom. The fourth-order valence-corrected chi connectivity index (χ4v) is 1.36. The molecule has 16 heavy (non-hydrogen) atoms. The number of hydrogen-bond acceptors (Lipinski definition) is 3. The van der Waals surface area contributed by atoms with Crippen molar-refractivity contribution < 1.29 is 14.3 Å². The Labute approximate surface area is 99.7 Å². The third-order valence-corrected chi connectivity index (χ3v) is 2.49. The molecule has 0 bridgehead atoms. The van der Waals surface area contributed by atoms with Crippen LogP contribution >= 0.6 is 11.6 Å². The van der Waals surface area contributed by atoms with Crippen LogP contribution < -0.4 is 9.47 Å². The van der Waals surface area contributed by atoms with E-state index in [4.69, 9.17) is 21.1 Å². The average Bonchev–Trinajstić information content (AvgIpc) is 2.29. The first kappa shape index (κ1) is 12.6.